The fourth-order valence-electron chi connectivity index (χ4n) is 4.18. The van der Waals surface area contributed by atoms with Gasteiger partial charge in [-0.25, -0.2) is 9.34 Å². The van der Waals surface area contributed by atoms with Crippen LogP contribution in [0, 0.1) is 13.8 Å². The van der Waals surface area contributed by atoms with Crippen molar-refractivity contribution in [2.75, 3.05) is 54.4 Å². The van der Waals surface area contributed by atoms with Gasteiger partial charge in [0.2, 0.25) is 8.10 Å². The van der Waals surface area contributed by atoms with Gasteiger partial charge < -0.3 is 37.9 Å². The SMILES string of the molecule is [3H]CC1CN([PH](=O)N(C)C)CC(C)O1.[CH2-]C1CC([PH](=O)N(C)C)CC(C)O1.[CH2-]C1CNCC(C)O1.[Y].[Y]. The van der Waals surface area contributed by atoms with E-state index in [-0.39, 0.29) is 108 Å². The first-order valence-electron chi connectivity index (χ1n) is 12.8. The maximum Gasteiger partial charge on any atom is 0.204 e. The Hall–Kier alpha value is 2.39. The number of hydrogen-bond donors (Lipinski definition) is 1. The molecular weight excluding hydrogens is 652 g/mol. The molecule has 0 bridgehead atoms. The first kappa shape index (κ1) is 38.4. The van der Waals surface area contributed by atoms with Gasteiger partial charge in [0, 0.05) is 92.1 Å². The Morgan fingerprint density at radius 3 is 1.86 bits per heavy atom. The standard InChI is InChI=1S/C9H19NO2P.C8H19N2O2P.C6H12NO.2Y/c1-7-5-9(6-8(2)12-7)13(11)10(3)4;1-7-5-10(6-8(2)12-7)13(11)9(3)4;1-5-3-7-4-6(2)8-5;;/h7-9,13H,1,5-6H2,2-4H3;7-8,13H,5-6H2,1-4H3;5-7H,1,3-4H2,2H3;;/q-1;;-1;;/i;1T;;;. The molecule has 9 nitrogen and oxygen atoms in total. The molecule has 210 valence electrons. The van der Waals surface area contributed by atoms with Crippen LogP contribution in [0.5, 0.6) is 0 Å². The molecule has 9 unspecified atom stereocenters. The van der Waals surface area contributed by atoms with E-state index in [1.54, 1.807) is 4.67 Å². The van der Waals surface area contributed by atoms with Crippen LogP contribution in [-0.2, 0) is 88.8 Å². The Morgan fingerprint density at radius 2 is 1.42 bits per heavy atom. The minimum Gasteiger partial charge on any atom is -0.407 e. The summed E-state index contributed by atoms with van der Waals surface area (Å²) in [6.45, 7) is 17.1. The van der Waals surface area contributed by atoms with Crippen LogP contribution in [0.3, 0.4) is 0 Å². The van der Waals surface area contributed by atoms with E-state index in [1.807, 2.05) is 58.3 Å². The topological polar surface area (TPSA) is 83.6 Å². The Kier molecular flexibility index (Phi) is 22.5. The van der Waals surface area contributed by atoms with Crippen molar-refractivity contribution in [3.05, 3.63) is 13.8 Å². The largest absolute Gasteiger partial charge is 0.407 e. The minimum absolute atomic E-state index is 0. The van der Waals surface area contributed by atoms with E-state index in [1.165, 1.54) is 0 Å². The van der Waals surface area contributed by atoms with Crippen molar-refractivity contribution >= 4 is 16.1 Å². The summed E-state index contributed by atoms with van der Waals surface area (Å²) in [6.07, 6.45) is 2.44. The Balaban J connectivity index is 0. The summed E-state index contributed by atoms with van der Waals surface area (Å²) in [6, 6.07) is 0. The van der Waals surface area contributed by atoms with Crippen molar-refractivity contribution in [1.29, 1.82) is 0 Å². The third-order valence-corrected chi connectivity index (χ3v) is 9.31. The van der Waals surface area contributed by atoms with E-state index in [2.05, 4.69) is 19.2 Å². The van der Waals surface area contributed by atoms with E-state index >= 15 is 0 Å². The molecular formula is C23H50N4O5P2Y2-2. The Labute approximate surface area is 274 Å². The van der Waals surface area contributed by atoms with E-state index in [0.29, 0.717) is 19.2 Å². The predicted molar refractivity (Wildman–Crippen MR) is 142 cm³/mol. The van der Waals surface area contributed by atoms with Crippen LogP contribution < -0.4 is 5.32 Å². The molecule has 0 spiro atoms. The molecule has 3 saturated heterocycles. The van der Waals surface area contributed by atoms with Crippen molar-refractivity contribution < 1.29 is 90.1 Å². The first-order chi connectivity index (χ1) is 16.3. The Morgan fingerprint density at radius 1 is 0.833 bits per heavy atom. The monoisotopic (exact) mass is 704 g/mol. The average molecular weight is 704 g/mol. The summed E-state index contributed by atoms with van der Waals surface area (Å²) in [4.78, 5) is 0. The second-order valence-corrected chi connectivity index (χ2v) is 14.3. The van der Waals surface area contributed by atoms with Crippen LogP contribution in [0.2, 0.25) is 0 Å². The first-order valence-corrected chi connectivity index (χ1v) is 14.9. The normalized spacial score (nSPS) is 35.0. The quantitative estimate of drug-likeness (QED) is 0.351. The van der Waals surface area contributed by atoms with Crippen molar-refractivity contribution in [1.82, 2.24) is 19.3 Å². The zero-order valence-electron chi connectivity index (χ0n) is 24.4. The van der Waals surface area contributed by atoms with Crippen LogP contribution in [0.15, 0.2) is 0 Å². The van der Waals surface area contributed by atoms with E-state index in [0.717, 1.165) is 25.9 Å². The van der Waals surface area contributed by atoms with Gasteiger partial charge in [-0.2, -0.15) is 0 Å². The van der Waals surface area contributed by atoms with Gasteiger partial charge in [-0.15, -0.1) is 0 Å². The molecule has 0 aromatic rings. The number of morpholine rings is 2. The fraction of sp³-hybridized carbons (Fsp3) is 0.913. The van der Waals surface area contributed by atoms with Crippen LogP contribution >= 0.6 is 16.1 Å². The van der Waals surface area contributed by atoms with Gasteiger partial charge in [-0.1, -0.05) is 12.2 Å². The molecule has 13 heteroatoms. The molecule has 9 atom stereocenters. The minimum atomic E-state index is -1.83. The molecule has 3 aliphatic heterocycles. The fourth-order valence-corrected chi connectivity index (χ4v) is 7.24. The number of nitrogens with zero attached hydrogens (tertiary/aromatic N) is 3. The van der Waals surface area contributed by atoms with Crippen LogP contribution in [0.1, 0.15) is 41.9 Å². The number of ether oxygens (including phenoxy) is 3. The van der Waals surface area contributed by atoms with Crippen molar-refractivity contribution in [3.63, 3.8) is 0 Å². The van der Waals surface area contributed by atoms with Crippen molar-refractivity contribution in [3.8, 4) is 0 Å². The van der Waals surface area contributed by atoms with Crippen molar-refractivity contribution in [2.45, 2.75) is 82.8 Å². The molecule has 3 fully saturated rings. The predicted octanol–water partition coefficient (Wildman–Crippen LogP) is 3.03. The van der Waals surface area contributed by atoms with Gasteiger partial charge in [0.1, 0.15) is 7.95 Å². The van der Waals surface area contributed by atoms with E-state index in [9.17, 15) is 9.13 Å². The molecule has 0 aromatic carbocycles. The molecule has 3 aliphatic rings. The number of rotatable bonds is 4. The molecule has 3 rings (SSSR count). The van der Waals surface area contributed by atoms with Crippen molar-refractivity contribution in [2.24, 2.45) is 0 Å². The third-order valence-electron chi connectivity index (χ3n) is 5.59. The Bertz CT molecular complexity index is 642. The molecule has 0 aromatic heterocycles. The summed E-state index contributed by atoms with van der Waals surface area (Å²) in [5.74, 6) is 0. The smallest absolute Gasteiger partial charge is 0.204 e. The summed E-state index contributed by atoms with van der Waals surface area (Å²) in [7, 11) is 3.94. The maximum atomic E-state index is 11.8. The average Bonchev–Trinajstić information content (AvgIpc) is 2.77. The zero-order valence-corrected chi connectivity index (χ0v) is 31.1. The van der Waals surface area contributed by atoms with Gasteiger partial charge in [0.25, 0.3) is 0 Å². The molecule has 0 aliphatic carbocycles. The molecule has 0 saturated carbocycles. The summed E-state index contributed by atoms with van der Waals surface area (Å²) < 4.78 is 52.7. The molecule has 2 radical (unpaired) electrons. The van der Waals surface area contributed by atoms with Crippen LogP contribution in [0.4, 0.5) is 0 Å². The van der Waals surface area contributed by atoms with Gasteiger partial charge in [0.15, 0.2) is 0 Å². The summed E-state index contributed by atoms with van der Waals surface area (Å²) in [5.41, 5.74) is 0.284. The number of nitrogens with one attached hydrogen (secondary N) is 1. The molecule has 1 N–H and O–H groups in total. The van der Waals surface area contributed by atoms with Gasteiger partial charge in [0.05, 0.1) is 24.4 Å². The summed E-state index contributed by atoms with van der Waals surface area (Å²) in [5, 5.41) is 3.20. The van der Waals surface area contributed by atoms with Gasteiger partial charge in [-0.3, -0.25) is 9.24 Å². The second kappa shape index (κ2) is 21.1. The zero-order chi connectivity index (χ0) is 26.7. The summed E-state index contributed by atoms with van der Waals surface area (Å²) >= 11 is 0. The van der Waals surface area contributed by atoms with Gasteiger partial charge >= 0.3 is 0 Å². The second-order valence-electron chi connectivity index (χ2n) is 9.85. The number of hydrogen-bond acceptors (Lipinski definition) is 6. The van der Waals surface area contributed by atoms with Crippen LogP contribution in [-0.4, -0.2) is 111 Å². The third kappa shape index (κ3) is 16.6. The molecule has 3 heterocycles. The van der Waals surface area contributed by atoms with E-state index in [4.69, 9.17) is 15.6 Å². The van der Waals surface area contributed by atoms with Crippen LogP contribution in [0.25, 0.3) is 0 Å². The molecule has 36 heavy (non-hydrogen) atoms. The maximum absolute atomic E-state index is 11.8. The van der Waals surface area contributed by atoms with Gasteiger partial charge in [-0.05, 0) is 75.2 Å². The molecule has 0 amide bonds. The van der Waals surface area contributed by atoms with E-state index < -0.39 is 16.1 Å².